The van der Waals surface area contributed by atoms with Crippen LogP contribution in [-0.4, -0.2) is 67.3 Å². The molecule has 0 aliphatic carbocycles. The van der Waals surface area contributed by atoms with Gasteiger partial charge in [0.2, 0.25) is 0 Å². The molecule has 0 aromatic heterocycles. The normalized spacial score (nSPS) is 41.4. The van der Waals surface area contributed by atoms with E-state index in [1.54, 1.807) is 0 Å². The fourth-order valence-corrected chi connectivity index (χ4v) is 4.48. The minimum absolute atomic E-state index is 0.253. The monoisotopic (exact) mass is 267 g/mol. The fourth-order valence-electron chi connectivity index (χ4n) is 4.48. The van der Waals surface area contributed by atoms with E-state index < -0.39 is 0 Å². The van der Waals surface area contributed by atoms with Crippen molar-refractivity contribution in [1.29, 1.82) is 0 Å². The molecule has 3 rings (SSSR count). The summed E-state index contributed by atoms with van der Waals surface area (Å²) in [6, 6.07) is 0.792. The summed E-state index contributed by atoms with van der Waals surface area (Å²) in [5.74, 6) is 0. The number of hydrogen-bond acceptors (Lipinski definition) is 4. The number of likely N-dealkylation sites (tertiary alicyclic amines) is 1. The molecule has 4 nitrogen and oxygen atoms in total. The highest BCUT2D eigenvalue weighted by atomic mass is 16.5. The molecule has 3 fully saturated rings. The maximum atomic E-state index is 6.24. The van der Waals surface area contributed by atoms with Gasteiger partial charge >= 0.3 is 0 Å². The van der Waals surface area contributed by atoms with Gasteiger partial charge in [-0.3, -0.25) is 4.90 Å². The molecule has 0 radical (unpaired) electrons. The summed E-state index contributed by atoms with van der Waals surface area (Å²) in [5, 5.41) is 0. The minimum atomic E-state index is 0.253. The van der Waals surface area contributed by atoms with Gasteiger partial charge in [-0.25, -0.2) is 0 Å². The number of nitrogens with two attached hydrogens (primary N) is 1. The largest absolute Gasteiger partial charge is 0.380 e. The molecule has 2 N–H and O–H groups in total. The van der Waals surface area contributed by atoms with Crippen molar-refractivity contribution in [3.8, 4) is 0 Å². The number of fused-ring (bicyclic) bond motifs is 1. The Balaban J connectivity index is 1.71. The van der Waals surface area contributed by atoms with Crippen molar-refractivity contribution < 1.29 is 4.74 Å². The van der Waals surface area contributed by atoms with Crippen LogP contribution in [-0.2, 0) is 4.74 Å². The van der Waals surface area contributed by atoms with Gasteiger partial charge in [-0.05, 0) is 51.6 Å². The predicted octanol–water partition coefficient (Wildman–Crippen LogP) is 1.05. The van der Waals surface area contributed by atoms with E-state index in [4.69, 9.17) is 10.5 Å². The van der Waals surface area contributed by atoms with Crippen molar-refractivity contribution in [3.05, 3.63) is 0 Å². The van der Waals surface area contributed by atoms with Gasteiger partial charge in [0.05, 0.1) is 6.10 Å². The highest BCUT2D eigenvalue weighted by Gasteiger charge is 2.45. The zero-order chi connectivity index (χ0) is 13.3. The summed E-state index contributed by atoms with van der Waals surface area (Å²) < 4.78 is 5.60. The number of methoxy groups -OCH3 is 1. The lowest BCUT2D eigenvalue weighted by Crippen LogP contribution is -2.63. The highest BCUT2D eigenvalue weighted by Crippen LogP contribution is 2.37. The molecular formula is C15H29N3O. The van der Waals surface area contributed by atoms with Gasteiger partial charge in [0.1, 0.15) is 0 Å². The third kappa shape index (κ3) is 2.56. The molecule has 0 aromatic rings. The molecule has 3 aliphatic heterocycles. The molecule has 0 amide bonds. The number of nitrogens with zero attached hydrogens (tertiary/aromatic N) is 2. The minimum Gasteiger partial charge on any atom is -0.380 e. The van der Waals surface area contributed by atoms with E-state index in [1.165, 1.54) is 58.2 Å². The van der Waals surface area contributed by atoms with Gasteiger partial charge in [-0.2, -0.15) is 0 Å². The maximum absolute atomic E-state index is 6.24. The third-order valence-corrected chi connectivity index (χ3v) is 5.74. The SMILES string of the molecule is COC1CCCN(C2(CN)CCN3CCCC3C2)C1. The third-order valence-electron chi connectivity index (χ3n) is 5.74. The van der Waals surface area contributed by atoms with Gasteiger partial charge in [0, 0.05) is 38.3 Å². The lowest BCUT2D eigenvalue weighted by atomic mass is 9.80. The summed E-state index contributed by atoms with van der Waals surface area (Å²) in [7, 11) is 1.85. The molecule has 3 aliphatic rings. The van der Waals surface area contributed by atoms with Crippen molar-refractivity contribution in [2.75, 3.05) is 39.8 Å². The molecule has 3 saturated heterocycles. The van der Waals surface area contributed by atoms with E-state index in [1.807, 2.05) is 7.11 Å². The van der Waals surface area contributed by atoms with E-state index in [-0.39, 0.29) is 5.54 Å². The van der Waals surface area contributed by atoms with E-state index in [9.17, 15) is 0 Å². The number of piperidine rings is 2. The van der Waals surface area contributed by atoms with Gasteiger partial charge in [-0.15, -0.1) is 0 Å². The Kier molecular flexibility index (Phi) is 4.13. The predicted molar refractivity (Wildman–Crippen MR) is 77.2 cm³/mol. The Morgan fingerprint density at radius 1 is 1.21 bits per heavy atom. The van der Waals surface area contributed by atoms with E-state index in [2.05, 4.69) is 9.80 Å². The van der Waals surface area contributed by atoms with E-state index in [0.29, 0.717) is 6.10 Å². The van der Waals surface area contributed by atoms with Crippen molar-refractivity contribution in [3.63, 3.8) is 0 Å². The Morgan fingerprint density at radius 3 is 2.84 bits per heavy atom. The van der Waals surface area contributed by atoms with Crippen LogP contribution in [0.15, 0.2) is 0 Å². The molecule has 3 unspecified atom stereocenters. The first-order valence-corrected chi connectivity index (χ1v) is 7.99. The molecule has 0 aromatic carbocycles. The van der Waals surface area contributed by atoms with Crippen LogP contribution in [0.25, 0.3) is 0 Å². The standard InChI is InChI=1S/C15H29N3O/c1-19-14-5-3-8-18(11-14)15(12-16)6-9-17-7-2-4-13(17)10-15/h13-14H,2-12,16H2,1H3. The molecule has 0 spiro atoms. The molecule has 0 saturated carbocycles. The van der Waals surface area contributed by atoms with E-state index >= 15 is 0 Å². The second-order valence-corrected chi connectivity index (χ2v) is 6.66. The first-order valence-electron chi connectivity index (χ1n) is 7.99. The average molecular weight is 267 g/mol. The van der Waals surface area contributed by atoms with Crippen molar-refractivity contribution >= 4 is 0 Å². The summed E-state index contributed by atoms with van der Waals surface area (Å²) in [5.41, 5.74) is 6.49. The summed E-state index contributed by atoms with van der Waals surface area (Å²) in [4.78, 5) is 5.35. The Bertz CT molecular complexity index is 312. The summed E-state index contributed by atoms with van der Waals surface area (Å²) in [6.07, 6.45) is 8.17. The Labute approximate surface area is 117 Å². The summed E-state index contributed by atoms with van der Waals surface area (Å²) in [6.45, 7) is 5.67. The molecule has 0 bridgehead atoms. The first-order chi connectivity index (χ1) is 9.27. The fraction of sp³-hybridized carbons (Fsp3) is 1.00. The molecular weight excluding hydrogens is 238 g/mol. The zero-order valence-electron chi connectivity index (χ0n) is 12.3. The van der Waals surface area contributed by atoms with E-state index in [0.717, 1.165) is 19.1 Å². The van der Waals surface area contributed by atoms with Gasteiger partial charge in [-0.1, -0.05) is 0 Å². The second kappa shape index (κ2) is 5.68. The molecule has 19 heavy (non-hydrogen) atoms. The highest BCUT2D eigenvalue weighted by molar-refractivity contribution is 5.03. The lowest BCUT2D eigenvalue weighted by Gasteiger charge is -2.52. The average Bonchev–Trinajstić information content (AvgIpc) is 2.94. The number of hydrogen-bond donors (Lipinski definition) is 1. The van der Waals surface area contributed by atoms with Gasteiger partial charge in [0.25, 0.3) is 0 Å². The smallest absolute Gasteiger partial charge is 0.0698 e. The van der Waals surface area contributed by atoms with Crippen molar-refractivity contribution in [2.24, 2.45) is 5.73 Å². The van der Waals surface area contributed by atoms with Crippen molar-refractivity contribution in [1.82, 2.24) is 9.80 Å². The van der Waals surface area contributed by atoms with Crippen LogP contribution in [0.2, 0.25) is 0 Å². The molecule has 3 heterocycles. The lowest BCUT2D eigenvalue weighted by molar-refractivity contribution is -0.0476. The van der Waals surface area contributed by atoms with Crippen LogP contribution >= 0.6 is 0 Å². The van der Waals surface area contributed by atoms with Crippen molar-refractivity contribution in [2.45, 2.75) is 56.2 Å². The second-order valence-electron chi connectivity index (χ2n) is 6.66. The Morgan fingerprint density at radius 2 is 2.05 bits per heavy atom. The molecule has 110 valence electrons. The van der Waals surface area contributed by atoms with Crippen LogP contribution in [0.1, 0.15) is 38.5 Å². The zero-order valence-corrected chi connectivity index (χ0v) is 12.3. The quantitative estimate of drug-likeness (QED) is 0.830. The number of ether oxygens (including phenoxy) is 1. The van der Waals surface area contributed by atoms with Gasteiger partial charge < -0.3 is 15.4 Å². The maximum Gasteiger partial charge on any atom is 0.0698 e. The van der Waals surface area contributed by atoms with Crippen LogP contribution < -0.4 is 5.73 Å². The van der Waals surface area contributed by atoms with Crippen LogP contribution in [0.4, 0.5) is 0 Å². The molecule has 4 heteroatoms. The van der Waals surface area contributed by atoms with Crippen LogP contribution in [0.3, 0.4) is 0 Å². The van der Waals surface area contributed by atoms with Crippen LogP contribution in [0.5, 0.6) is 0 Å². The first kappa shape index (κ1) is 13.8. The molecule has 3 atom stereocenters. The summed E-state index contributed by atoms with van der Waals surface area (Å²) >= 11 is 0. The topological polar surface area (TPSA) is 41.7 Å². The van der Waals surface area contributed by atoms with Crippen LogP contribution in [0, 0.1) is 0 Å². The van der Waals surface area contributed by atoms with Gasteiger partial charge in [0.15, 0.2) is 0 Å². The number of rotatable bonds is 3. The Hall–Kier alpha value is -0.160.